The Kier molecular flexibility index (Phi) is 3.32. The van der Waals surface area contributed by atoms with Gasteiger partial charge in [-0.15, -0.1) is 0 Å². The summed E-state index contributed by atoms with van der Waals surface area (Å²) in [6, 6.07) is 14.7. The van der Waals surface area contributed by atoms with Crippen LogP contribution in [0.15, 0.2) is 54.9 Å². The fourth-order valence-electron chi connectivity index (χ4n) is 5.10. The number of aromatic nitrogens is 2. The number of amides is 1. The van der Waals surface area contributed by atoms with E-state index >= 15 is 0 Å². The molecule has 2 aromatic carbocycles. The summed E-state index contributed by atoms with van der Waals surface area (Å²) < 4.78 is 2.32. The highest BCUT2D eigenvalue weighted by molar-refractivity contribution is 7.80. The van der Waals surface area contributed by atoms with Crippen molar-refractivity contribution in [2.24, 2.45) is 0 Å². The molecule has 2 aromatic heterocycles. The quantitative estimate of drug-likeness (QED) is 0.503. The Hall–Kier alpha value is -2.92. The molecule has 2 aliphatic heterocycles. The van der Waals surface area contributed by atoms with Crippen LogP contribution in [-0.4, -0.2) is 20.4 Å². The Morgan fingerprint density at radius 3 is 2.79 bits per heavy atom. The lowest BCUT2D eigenvalue weighted by Crippen LogP contribution is -2.20. The molecule has 5 heteroatoms. The van der Waals surface area contributed by atoms with Crippen molar-refractivity contribution in [3.05, 3.63) is 71.5 Å². The van der Waals surface area contributed by atoms with E-state index in [1.807, 2.05) is 18.3 Å². The molecule has 1 amide bonds. The normalized spacial score (nSPS) is 21.6. The zero-order valence-corrected chi connectivity index (χ0v) is 16.1. The average Bonchev–Trinajstić information content (AvgIpc) is 3.37. The first-order chi connectivity index (χ1) is 13.7. The molecule has 2 N–H and O–H groups in total. The number of fused-ring (bicyclic) bond motifs is 1. The maximum atomic E-state index is 13.1. The first-order valence-corrected chi connectivity index (χ1v) is 10.1. The maximum Gasteiger partial charge on any atom is 0.233 e. The second kappa shape index (κ2) is 5.79. The van der Waals surface area contributed by atoms with Crippen molar-refractivity contribution in [2.45, 2.75) is 31.2 Å². The largest absolute Gasteiger partial charge is 0.361 e. The molecule has 0 bridgehead atoms. The molecule has 0 unspecified atom stereocenters. The van der Waals surface area contributed by atoms with Crippen molar-refractivity contribution in [3.8, 4) is 0 Å². The van der Waals surface area contributed by atoms with Crippen LogP contribution in [-0.2, 0) is 17.8 Å². The summed E-state index contributed by atoms with van der Waals surface area (Å²) in [4.78, 5) is 17.0. The molecule has 28 heavy (non-hydrogen) atoms. The van der Waals surface area contributed by atoms with E-state index in [0.29, 0.717) is 4.99 Å². The monoisotopic (exact) mass is 385 g/mol. The summed E-state index contributed by atoms with van der Waals surface area (Å²) >= 11 is 5.65. The lowest BCUT2D eigenvalue weighted by atomic mass is 9.83. The highest BCUT2D eigenvalue weighted by Gasteiger charge is 2.43. The highest BCUT2D eigenvalue weighted by Crippen LogP contribution is 2.44. The van der Waals surface area contributed by atoms with Crippen LogP contribution in [0.4, 0.5) is 0 Å². The number of carbonyl (C=O) groups excluding carboxylic acids is 1. The molecule has 2 aliphatic rings. The van der Waals surface area contributed by atoms with Gasteiger partial charge in [0.05, 0.1) is 22.3 Å². The first kappa shape index (κ1) is 16.1. The third-order valence-electron chi connectivity index (χ3n) is 6.29. The van der Waals surface area contributed by atoms with E-state index in [1.165, 1.54) is 16.5 Å². The van der Waals surface area contributed by atoms with E-state index in [0.717, 1.165) is 41.4 Å². The number of thiocarbonyl (C=S) groups is 1. The Morgan fingerprint density at radius 1 is 1.00 bits per heavy atom. The molecular weight excluding hydrogens is 366 g/mol. The number of nitrogens with zero attached hydrogens (tertiary/aromatic N) is 1. The fourth-order valence-corrected chi connectivity index (χ4v) is 5.47. The third-order valence-corrected chi connectivity index (χ3v) is 6.65. The van der Waals surface area contributed by atoms with E-state index < -0.39 is 0 Å². The second-order valence-electron chi connectivity index (χ2n) is 7.79. The van der Waals surface area contributed by atoms with E-state index in [-0.39, 0.29) is 17.7 Å². The van der Waals surface area contributed by atoms with Crippen LogP contribution in [0, 0.1) is 0 Å². The summed E-state index contributed by atoms with van der Waals surface area (Å²) in [5.41, 5.74) is 5.91. The summed E-state index contributed by atoms with van der Waals surface area (Å²) in [5.74, 6) is -0.449. The number of hydrogen-bond donors (Lipinski definition) is 2. The van der Waals surface area contributed by atoms with Gasteiger partial charge in [0.25, 0.3) is 0 Å². The zero-order valence-electron chi connectivity index (χ0n) is 15.2. The Bertz CT molecular complexity index is 1280. The predicted octanol–water partition coefficient (Wildman–Crippen LogP) is 4.39. The second-order valence-corrected chi connectivity index (χ2v) is 8.23. The molecule has 0 radical (unpaired) electrons. The van der Waals surface area contributed by atoms with Crippen molar-refractivity contribution in [2.75, 3.05) is 0 Å². The van der Waals surface area contributed by atoms with Gasteiger partial charge in [0, 0.05) is 35.2 Å². The first-order valence-electron chi connectivity index (χ1n) is 9.74. The van der Waals surface area contributed by atoms with Crippen molar-refractivity contribution < 1.29 is 4.79 Å². The standard InChI is InChI=1S/C23H19N3OS/c27-22-19(17-12-26-10-4-6-13-5-3-8-15(17)21(13)26)20(23(28)25-22)16-11-24-18-9-2-1-7-14(16)18/h1-3,5,7-9,11-12,19-20,24H,4,6,10H2,(H,25,27,28)/t19-,20-/m0/s1. The van der Waals surface area contributed by atoms with Gasteiger partial charge in [-0.1, -0.05) is 48.6 Å². The van der Waals surface area contributed by atoms with Gasteiger partial charge in [0.2, 0.25) is 5.91 Å². The maximum absolute atomic E-state index is 13.1. The van der Waals surface area contributed by atoms with Crippen LogP contribution in [0.25, 0.3) is 21.8 Å². The Morgan fingerprint density at radius 2 is 1.86 bits per heavy atom. The van der Waals surface area contributed by atoms with Crippen LogP contribution < -0.4 is 5.32 Å². The zero-order chi connectivity index (χ0) is 18.8. The van der Waals surface area contributed by atoms with E-state index in [1.54, 1.807) is 0 Å². The van der Waals surface area contributed by atoms with Crippen molar-refractivity contribution >= 4 is 44.9 Å². The number of rotatable bonds is 2. The molecular formula is C23H19N3OS. The SMILES string of the molecule is O=C1NC(=S)[C@@H](c2c[nH]c3ccccc23)[C@@H]1c1cn2c3c(cccc13)CCC2. The van der Waals surface area contributed by atoms with E-state index in [9.17, 15) is 4.79 Å². The summed E-state index contributed by atoms with van der Waals surface area (Å²) in [6.45, 7) is 1.00. The third kappa shape index (κ3) is 2.11. The molecule has 4 heterocycles. The number of H-pyrrole nitrogens is 1. The van der Waals surface area contributed by atoms with Crippen LogP contribution in [0.3, 0.4) is 0 Å². The van der Waals surface area contributed by atoms with E-state index in [4.69, 9.17) is 12.2 Å². The minimum absolute atomic E-state index is 0.00369. The van der Waals surface area contributed by atoms with Gasteiger partial charge in [-0.05, 0) is 35.6 Å². The average molecular weight is 385 g/mol. The number of aromatic amines is 1. The smallest absolute Gasteiger partial charge is 0.233 e. The molecule has 2 atom stereocenters. The number of nitrogens with one attached hydrogen (secondary N) is 2. The molecule has 0 saturated carbocycles. The van der Waals surface area contributed by atoms with Gasteiger partial charge in [0.15, 0.2) is 0 Å². The Balaban J connectivity index is 1.58. The number of aryl methyl sites for hydroxylation is 2. The van der Waals surface area contributed by atoms with Gasteiger partial charge < -0.3 is 14.9 Å². The Labute approximate surface area is 167 Å². The molecule has 0 spiro atoms. The number of benzene rings is 2. The van der Waals surface area contributed by atoms with Gasteiger partial charge >= 0.3 is 0 Å². The number of para-hydroxylation sites is 2. The molecule has 1 saturated heterocycles. The van der Waals surface area contributed by atoms with Crippen molar-refractivity contribution in [1.29, 1.82) is 0 Å². The fraction of sp³-hybridized carbons (Fsp3) is 0.217. The molecule has 4 nitrogen and oxygen atoms in total. The van der Waals surface area contributed by atoms with Gasteiger partial charge in [-0.3, -0.25) is 4.79 Å². The summed E-state index contributed by atoms with van der Waals surface area (Å²) in [6.07, 6.45) is 6.44. The molecule has 138 valence electrons. The highest BCUT2D eigenvalue weighted by atomic mass is 32.1. The molecule has 6 rings (SSSR count). The van der Waals surface area contributed by atoms with Crippen molar-refractivity contribution in [3.63, 3.8) is 0 Å². The number of hydrogen-bond acceptors (Lipinski definition) is 2. The lowest BCUT2D eigenvalue weighted by Gasteiger charge is -2.16. The molecule has 4 aromatic rings. The van der Waals surface area contributed by atoms with Crippen LogP contribution in [0.5, 0.6) is 0 Å². The van der Waals surface area contributed by atoms with Gasteiger partial charge in [0.1, 0.15) is 0 Å². The predicted molar refractivity (Wildman–Crippen MR) is 115 cm³/mol. The van der Waals surface area contributed by atoms with E-state index in [2.05, 4.69) is 51.4 Å². The van der Waals surface area contributed by atoms with Gasteiger partial charge in [-0.25, -0.2) is 0 Å². The topological polar surface area (TPSA) is 49.8 Å². The lowest BCUT2D eigenvalue weighted by molar-refractivity contribution is -0.120. The minimum Gasteiger partial charge on any atom is -0.361 e. The number of carbonyl (C=O) groups is 1. The van der Waals surface area contributed by atoms with Crippen molar-refractivity contribution in [1.82, 2.24) is 14.9 Å². The van der Waals surface area contributed by atoms with Crippen LogP contribution in [0.1, 0.15) is 34.9 Å². The molecule has 0 aliphatic carbocycles. The van der Waals surface area contributed by atoms with Gasteiger partial charge in [-0.2, -0.15) is 0 Å². The summed E-state index contributed by atoms with van der Waals surface area (Å²) in [5, 5.41) is 5.28. The van der Waals surface area contributed by atoms with Crippen LogP contribution in [0.2, 0.25) is 0 Å². The summed E-state index contributed by atoms with van der Waals surface area (Å²) in [7, 11) is 0. The minimum atomic E-state index is -0.302. The molecule has 1 fully saturated rings. The van der Waals surface area contributed by atoms with Crippen LogP contribution >= 0.6 is 12.2 Å².